The summed E-state index contributed by atoms with van der Waals surface area (Å²) < 4.78 is 93.0. The quantitative estimate of drug-likeness (QED) is 0.825. The van der Waals surface area contributed by atoms with Crippen molar-refractivity contribution in [2.45, 2.75) is 17.8 Å². The van der Waals surface area contributed by atoms with Gasteiger partial charge in [-0.2, -0.15) is 0 Å². The molecule has 2 aromatic carbocycles. The molecule has 0 radical (unpaired) electrons. The molecule has 0 amide bonds. The molecule has 4 nitrogen and oxygen atoms in total. The summed E-state index contributed by atoms with van der Waals surface area (Å²) >= 11 is 0. The molecule has 0 fully saturated rings. The zero-order valence-corrected chi connectivity index (χ0v) is 12.6. The predicted octanol–water partition coefficient (Wildman–Crippen LogP) is 3.34. The minimum atomic E-state index is -5.07. The van der Waals surface area contributed by atoms with Crippen LogP contribution in [0.1, 0.15) is 5.56 Å². The topological polar surface area (TPSA) is 55.4 Å². The fourth-order valence-corrected chi connectivity index (χ4v) is 2.99. The first-order valence-electron chi connectivity index (χ1n) is 6.36. The smallest absolute Gasteiger partial charge is 0.404 e. The lowest BCUT2D eigenvalue weighted by Crippen LogP contribution is -2.25. The van der Waals surface area contributed by atoms with Crippen molar-refractivity contribution in [1.29, 1.82) is 0 Å². The van der Waals surface area contributed by atoms with E-state index in [1.165, 1.54) is 12.1 Å². The van der Waals surface area contributed by atoms with Crippen LogP contribution >= 0.6 is 0 Å². The van der Waals surface area contributed by atoms with E-state index in [0.29, 0.717) is 6.07 Å². The van der Waals surface area contributed by atoms with Crippen LogP contribution in [0.5, 0.6) is 5.75 Å². The van der Waals surface area contributed by atoms with Crippen molar-refractivity contribution in [2.24, 2.45) is 0 Å². The van der Waals surface area contributed by atoms with Crippen LogP contribution in [-0.2, 0) is 16.6 Å². The highest BCUT2D eigenvalue weighted by atomic mass is 32.2. The molecule has 0 aromatic heterocycles. The Bertz CT molecular complexity index is 816. The van der Waals surface area contributed by atoms with Gasteiger partial charge in [0.05, 0.1) is 0 Å². The highest BCUT2D eigenvalue weighted by Crippen LogP contribution is 2.29. The Morgan fingerprint density at radius 2 is 1.58 bits per heavy atom. The molecule has 0 saturated heterocycles. The van der Waals surface area contributed by atoms with Crippen LogP contribution in [0.2, 0.25) is 0 Å². The lowest BCUT2D eigenvalue weighted by atomic mass is 10.2. The number of hydrogen-bond acceptors (Lipinski definition) is 3. The third-order valence-corrected chi connectivity index (χ3v) is 4.19. The number of alkyl halides is 3. The molecule has 0 saturated carbocycles. The Balaban J connectivity index is 2.24. The lowest BCUT2D eigenvalue weighted by Gasteiger charge is -2.14. The summed E-state index contributed by atoms with van der Waals surface area (Å²) in [4.78, 5) is -0.751. The summed E-state index contributed by atoms with van der Waals surface area (Å²) in [6.45, 7) is -0.517. The molecular formula is C14H10F5NO3S. The van der Waals surface area contributed by atoms with Crippen molar-refractivity contribution >= 4 is 10.0 Å². The van der Waals surface area contributed by atoms with Crippen LogP contribution in [0.15, 0.2) is 47.4 Å². The fraction of sp³-hybridized carbons (Fsp3) is 0.143. The molecule has 0 aliphatic carbocycles. The van der Waals surface area contributed by atoms with Gasteiger partial charge in [-0.05, 0) is 29.8 Å². The third-order valence-electron chi connectivity index (χ3n) is 2.75. The van der Waals surface area contributed by atoms with E-state index in [2.05, 4.69) is 4.74 Å². The first kappa shape index (κ1) is 18.1. The Morgan fingerprint density at radius 3 is 2.17 bits per heavy atom. The number of halogens is 5. The first-order valence-corrected chi connectivity index (χ1v) is 7.84. The molecule has 0 aliphatic rings. The van der Waals surface area contributed by atoms with Crippen LogP contribution in [0.4, 0.5) is 22.0 Å². The first-order chi connectivity index (χ1) is 11.1. The maximum absolute atomic E-state index is 13.1. The van der Waals surface area contributed by atoms with Crippen LogP contribution in [0.3, 0.4) is 0 Å². The van der Waals surface area contributed by atoms with Gasteiger partial charge in [-0.15, -0.1) is 13.2 Å². The monoisotopic (exact) mass is 367 g/mol. The second kappa shape index (κ2) is 6.73. The standard InChI is InChI=1S/C14H10F5NO3S/c15-10-5-9(6-11(16)7-10)8-20-24(21,22)13-4-2-1-3-12(13)23-14(17,18)19/h1-7,20H,8H2. The number of sulfonamides is 1. The van der Waals surface area contributed by atoms with Crippen molar-refractivity contribution < 1.29 is 35.1 Å². The number of hydrogen-bond donors (Lipinski definition) is 1. The van der Waals surface area contributed by atoms with Gasteiger partial charge in [-0.25, -0.2) is 21.9 Å². The molecule has 2 aromatic rings. The van der Waals surface area contributed by atoms with Crippen LogP contribution < -0.4 is 9.46 Å². The van der Waals surface area contributed by atoms with E-state index in [1.54, 1.807) is 0 Å². The van der Waals surface area contributed by atoms with Gasteiger partial charge in [0.15, 0.2) is 0 Å². The maximum atomic E-state index is 13.1. The summed E-state index contributed by atoms with van der Waals surface area (Å²) in [6, 6.07) is 6.51. The second-order valence-corrected chi connectivity index (χ2v) is 6.33. The van der Waals surface area contributed by atoms with Crippen molar-refractivity contribution in [3.63, 3.8) is 0 Å². The minimum absolute atomic E-state index is 0.0368. The third kappa shape index (κ3) is 4.90. The molecular weight excluding hydrogens is 357 g/mol. The van der Waals surface area contributed by atoms with Gasteiger partial charge in [0.1, 0.15) is 22.3 Å². The Kier molecular flexibility index (Phi) is 5.09. The Labute approximate surface area is 133 Å². The molecule has 0 heterocycles. The predicted molar refractivity (Wildman–Crippen MR) is 73.5 cm³/mol. The highest BCUT2D eigenvalue weighted by Gasteiger charge is 2.33. The normalized spacial score (nSPS) is 12.2. The van der Waals surface area contributed by atoms with Gasteiger partial charge in [-0.1, -0.05) is 12.1 Å². The summed E-state index contributed by atoms with van der Waals surface area (Å²) in [5.41, 5.74) is -0.0368. The SMILES string of the molecule is O=S(=O)(NCc1cc(F)cc(F)c1)c1ccccc1OC(F)(F)F. The van der Waals surface area contributed by atoms with E-state index in [-0.39, 0.29) is 5.56 Å². The van der Waals surface area contributed by atoms with Crippen LogP contribution in [-0.4, -0.2) is 14.8 Å². The second-order valence-electron chi connectivity index (χ2n) is 4.60. The molecule has 2 rings (SSSR count). The summed E-state index contributed by atoms with van der Waals surface area (Å²) in [7, 11) is -4.41. The van der Waals surface area contributed by atoms with E-state index in [4.69, 9.17) is 0 Å². The van der Waals surface area contributed by atoms with E-state index in [0.717, 1.165) is 24.3 Å². The molecule has 0 unspecified atom stereocenters. The molecule has 0 spiro atoms. The summed E-state index contributed by atoms with van der Waals surface area (Å²) in [6.07, 6.45) is -5.07. The number of nitrogens with one attached hydrogen (secondary N) is 1. The van der Waals surface area contributed by atoms with Crippen molar-refractivity contribution in [3.8, 4) is 5.75 Å². The van der Waals surface area contributed by atoms with Crippen molar-refractivity contribution in [2.75, 3.05) is 0 Å². The average Bonchev–Trinajstić information content (AvgIpc) is 2.43. The van der Waals surface area contributed by atoms with E-state index in [9.17, 15) is 30.4 Å². The summed E-state index contributed by atoms with van der Waals surface area (Å²) in [5.74, 6) is -2.74. The molecule has 24 heavy (non-hydrogen) atoms. The molecule has 0 aliphatic heterocycles. The van der Waals surface area contributed by atoms with Crippen LogP contribution in [0.25, 0.3) is 0 Å². The van der Waals surface area contributed by atoms with Gasteiger partial charge in [0, 0.05) is 12.6 Å². The van der Waals surface area contributed by atoms with Crippen molar-refractivity contribution in [3.05, 3.63) is 59.7 Å². The van der Waals surface area contributed by atoms with Gasteiger partial charge >= 0.3 is 6.36 Å². The molecule has 10 heteroatoms. The molecule has 130 valence electrons. The highest BCUT2D eigenvalue weighted by molar-refractivity contribution is 7.89. The average molecular weight is 367 g/mol. The van der Waals surface area contributed by atoms with Crippen LogP contribution in [0, 0.1) is 11.6 Å². The lowest BCUT2D eigenvalue weighted by molar-refractivity contribution is -0.275. The molecule has 0 bridgehead atoms. The fourth-order valence-electron chi connectivity index (χ4n) is 1.85. The Morgan fingerprint density at radius 1 is 1.00 bits per heavy atom. The zero-order chi connectivity index (χ0) is 18.0. The van der Waals surface area contributed by atoms with E-state index >= 15 is 0 Å². The molecule has 1 N–H and O–H groups in total. The van der Waals surface area contributed by atoms with E-state index in [1.807, 2.05) is 4.72 Å². The van der Waals surface area contributed by atoms with Gasteiger partial charge in [-0.3, -0.25) is 0 Å². The van der Waals surface area contributed by atoms with Gasteiger partial charge in [0.25, 0.3) is 0 Å². The van der Waals surface area contributed by atoms with E-state index < -0.39 is 45.2 Å². The minimum Gasteiger partial charge on any atom is -0.404 e. The summed E-state index contributed by atoms with van der Waals surface area (Å²) in [5, 5.41) is 0. The van der Waals surface area contributed by atoms with Crippen molar-refractivity contribution in [1.82, 2.24) is 4.72 Å². The number of benzene rings is 2. The maximum Gasteiger partial charge on any atom is 0.573 e. The number of rotatable bonds is 5. The largest absolute Gasteiger partial charge is 0.573 e. The molecule has 0 atom stereocenters. The number of para-hydroxylation sites is 1. The number of ether oxygens (including phenoxy) is 1. The Hall–Kier alpha value is -2.20. The van der Waals surface area contributed by atoms with Gasteiger partial charge < -0.3 is 4.74 Å². The van der Waals surface area contributed by atoms with Gasteiger partial charge in [0.2, 0.25) is 10.0 Å². The zero-order valence-electron chi connectivity index (χ0n) is 11.8.